The zero-order valence-electron chi connectivity index (χ0n) is 6.79. The highest BCUT2D eigenvalue weighted by Crippen LogP contribution is 2.11. The van der Waals surface area contributed by atoms with E-state index >= 15 is 0 Å². The third-order valence-electron chi connectivity index (χ3n) is 1.70. The molecule has 12 heavy (non-hydrogen) atoms. The number of amides is 1. The molecule has 0 saturated heterocycles. The Morgan fingerprint density at radius 3 is 2.58 bits per heavy atom. The fraction of sp³-hybridized carbons (Fsp3) is 0.222. The molecule has 0 aliphatic rings. The van der Waals surface area contributed by atoms with Crippen molar-refractivity contribution in [2.45, 2.75) is 12.8 Å². The van der Waals surface area contributed by atoms with Crippen LogP contribution in [0.15, 0.2) is 24.3 Å². The maximum Gasteiger partial charge on any atom is 0.217 e. The summed E-state index contributed by atoms with van der Waals surface area (Å²) in [4.78, 5) is 10.5. The molecule has 3 nitrogen and oxygen atoms in total. The average Bonchev–Trinajstić information content (AvgIpc) is 2.03. The first kappa shape index (κ1) is 8.59. The van der Waals surface area contributed by atoms with Gasteiger partial charge in [0.2, 0.25) is 5.91 Å². The summed E-state index contributed by atoms with van der Waals surface area (Å²) in [5.41, 5.74) is 12.4. The zero-order chi connectivity index (χ0) is 8.97. The molecule has 0 heterocycles. The van der Waals surface area contributed by atoms with E-state index in [4.69, 9.17) is 11.5 Å². The number of para-hydroxylation sites is 1. The van der Waals surface area contributed by atoms with Gasteiger partial charge in [0.15, 0.2) is 0 Å². The van der Waals surface area contributed by atoms with Crippen LogP contribution in [0, 0.1) is 0 Å². The number of benzene rings is 1. The van der Waals surface area contributed by atoms with Gasteiger partial charge in [-0.25, -0.2) is 0 Å². The van der Waals surface area contributed by atoms with Gasteiger partial charge in [-0.05, 0) is 18.1 Å². The predicted octanol–water partition coefficient (Wildman–Crippen LogP) is 0.687. The van der Waals surface area contributed by atoms with Gasteiger partial charge in [0.25, 0.3) is 0 Å². The van der Waals surface area contributed by atoms with Gasteiger partial charge in [-0.2, -0.15) is 0 Å². The van der Waals surface area contributed by atoms with E-state index in [1.54, 1.807) is 0 Å². The van der Waals surface area contributed by atoms with E-state index in [2.05, 4.69) is 0 Å². The number of nitrogens with two attached hydrogens (primary N) is 2. The van der Waals surface area contributed by atoms with Gasteiger partial charge in [0.1, 0.15) is 0 Å². The molecule has 1 rings (SSSR count). The van der Waals surface area contributed by atoms with Gasteiger partial charge >= 0.3 is 0 Å². The van der Waals surface area contributed by atoms with Gasteiger partial charge < -0.3 is 11.5 Å². The molecule has 0 aliphatic carbocycles. The molecular weight excluding hydrogens is 152 g/mol. The monoisotopic (exact) mass is 164 g/mol. The second-order valence-electron chi connectivity index (χ2n) is 2.67. The third kappa shape index (κ3) is 2.27. The maximum absolute atomic E-state index is 10.5. The molecule has 0 spiro atoms. The average molecular weight is 164 g/mol. The van der Waals surface area contributed by atoms with Gasteiger partial charge in [-0.1, -0.05) is 18.2 Å². The number of hydrogen-bond donors (Lipinski definition) is 2. The van der Waals surface area contributed by atoms with Gasteiger partial charge in [0.05, 0.1) is 0 Å². The highest BCUT2D eigenvalue weighted by molar-refractivity contribution is 5.74. The summed E-state index contributed by atoms with van der Waals surface area (Å²) in [5.74, 6) is -0.293. The second-order valence-corrected chi connectivity index (χ2v) is 2.67. The van der Waals surface area contributed by atoms with Crippen LogP contribution in [0.1, 0.15) is 12.0 Å². The van der Waals surface area contributed by atoms with Crippen molar-refractivity contribution in [1.82, 2.24) is 0 Å². The van der Waals surface area contributed by atoms with Crippen LogP contribution in [-0.2, 0) is 11.2 Å². The molecule has 0 saturated carbocycles. The molecule has 3 heteroatoms. The number of hydrogen-bond acceptors (Lipinski definition) is 2. The van der Waals surface area contributed by atoms with Crippen LogP contribution in [0.2, 0.25) is 0 Å². The summed E-state index contributed by atoms with van der Waals surface area (Å²) in [6.45, 7) is 0. The van der Waals surface area contributed by atoms with E-state index in [0.29, 0.717) is 12.8 Å². The normalized spacial score (nSPS) is 9.67. The first-order chi connectivity index (χ1) is 5.70. The minimum absolute atomic E-state index is 0.293. The molecule has 4 N–H and O–H groups in total. The van der Waals surface area contributed by atoms with E-state index in [1.165, 1.54) is 0 Å². The Hall–Kier alpha value is -1.51. The predicted molar refractivity (Wildman–Crippen MR) is 48.4 cm³/mol. The van der Waals surface area contributed by atoms with Crippen molar-refractivity contribution >= 4 is 11.6 Å². The topological polar surface area (TPSA) is 69.1 Å². The number of anilines is 1. The second kappa shape index (κ2) is 3.76. The highest BCUT2D eigenvalue weighted by atomic mass is 16.1. The number of carbonyl (C=O) groups excluding carboxylic acids is 1. The summed E-state index contributed by atoms with van der Waals surface area (Å²) < 4.78 is 0. The van der Waals surface area contributed by atoms with Gasteiger partial charge in [0, 0.05) is 12.1 Å². The van der Waals surface area contributed by atoms with Crippen molar-refractivity contribution < 1.29 is 4.79 Å². The van der Waals surface area contributed by atoms with Gasteiger partial charge in [-0.15, -0.1) is 0 Å². The number of rotatable bonds is 3. The van der Waals surface area contributed by atoms with E-state index in [-0.39, 0.29) is 5.91 Å². The number of aryl methyl sites for hydroxylation is 1. The van der Waals surface area contributed by atoms with Crippen molar-refractivity contribution in [3.05, 3.63) is 29.8 Å². The molecule has 1 aromatic rings. The Balaban J connectivity index is 2.63. The fourth-order valence-corrected chi connectivity index (χ4v) is 1.02. The van der Waals surface area contributed by atoms with Crippen LogP contribution in [0.4, 0.5) is 5.69 Å². The first-order valence-electron chi connectivity index (χ1n) is 3.82. The van der Waals surface area contributed by atoms with Crippen LogP contribution >= 0.6 is 0 Å². The number of primary amides is 1. The molecule has 0 aliphatic heterocycles. The number of carbonyl (C=O) groups is 1. The van der Waals surface area contributed by atoms with E-state index in [9.17, 15) is 4.79 Å². The fourth-order valence-electron chi connectivity index (χ4n) is 1.02. The maximum atomic E-state index is 10.5. The van der Waals surface area contributed by atoms with E-state index in [0.717, 1.165) is 11.3 Å². The van der Waals surface area contributed by atoms with Crippen LogP contribution in [0.25, 0.3) is 0 Å². The van der Waals surface area contributed by atoms with Crippen LogP contribution in [0.5, 0.6) is 0 Å². The molecule has 1 amide bonds. The van der Waals surface area contributed by atoms with E-state index < -0.39 is 0 Å². The molecule has 64 valence electrons. The summed E-state index contributed by atoms with van der Waals surface area (Å²) >= 11 is 0. The largest absolute Gasteiger partial charge is 0.399 e. The first-order valence-corrected chi connectivity index (χ1v) is 3.82. The molecule has 0 radical (unpaired) electrons. The summed E-state index contributed by atoms with van der Waals surface area (Å²) in [6, 6.07) is 7.48. The smallest absolute Gasteiger partial charge is 0.217 e. The minimum Gasteiger partial charge on any atom is -0.399 e. The Bertz CT molecular complexity index is 284. The molecule has 0 aromatic heterocycles. The zero-order valence-corrected chi connectivity index (χ0v) is 6.79. The lowest BCUT2D eigenvalue weighted by Gasteiger charge is -2.02. The van der Waals surface area contributed by atoms with Gasteiger partial charge in [-0.3, -0.25) is 4.79 Å². The summed E-state index contributed by atoms with van der Waals surface area (Å²) in [5, 5.41) is 0. The van der Waals surface area contributed by atoms with E-state index in [1.807, 2.05) is 24.3 Å². The van der Waals surface area contributed by atoms with Crippen molar-refractivity contribution in [3.63, 3.8) is 0 Å². The molecule has 0 unspecified atom stereocenters. The Labute approximate surface area is 71.4 Å². The van der Waals surface area contributed by atoms with Crippen molar-refractivity contribution in [2.75, 3.05) is 5.73 Å². The molecule has 0 bridgehead atoms. The van der Waals surface area contributed by atoms with Crippen LogP contribution in [-0.4, -0.2) is 5.91 Å². The molecular formula is C9H12N2O. The number of nitrogen functional groups attached to an aromatic ring is 1. The lowest BCUT2D eigenvalue weighted by Crippen LogP contribution is -2.11. The quantitative estimate of drug-likeness (QED) is 0.645. The van der Waals surface area contributed by atoms with Crippen molar-refractivity contribution in [2.24, 2.45) is 5.73 Å². The Morgan fingerprint density at radius 2 is 2.00 bits per heavy atom. The lowest BCUT2D eigenvalue weighted by atomic mass is 10.1. The lowest BCUT2D eigenvalue weighted by molar-refractivity contribution is -0.117. The SMILES string of the molecule is NC(=O)CCc1ccccc1N. The molecule has 1 aromatic carbocycles. The minimum atomic E-state index is -0.293. The standard InChI is InChI=1S/C9H12N2O/c10-8-4-2-1-3-7(8)5-6-9(11)12/h1-4H,5-6,10H2,(H2,11,12). The Morgan fingerprint density at radius 1 is 1.33 bits per heavy atom. The Kier molecular flexibility index (Phi) is 2.69. The molecule has 0 fully saturated rings. The van der Waals surface area contributed by atoms with Crippen molar-refractivity contribution in [1.29, 1.82) is 0 Å². The summed E-state index contributed by atoms with van der Waals surface area (Å²) in [7, 11) is 0. The van der Waals surface area contributed by atoms with Crippen molar-refractivity contribution in [3.8, 4) is 0 Å². The van der Waals surface area contributed by atoms with Crippen LogP contribution < -0.4 is 11.5 Å². The van der Waals surface area contributed by atoms with Crippen LogP contribution in [0.3, 0.4) is 0 Å². The third-order valence-corrected chi connectivity index (χ3v) is 1.70. The molecule has 0 atom stereocenters. The summed E-state index contributed by atoms with van der Waals surface area (Å²) in [6.07, 6.45) is 0.982. The highest BCUT2D eigenvalue weighted by Gasteiger charge is 1.99.